The number of hydrogen-bond donors (Lipinski definition) is 3. The van der Waals surface area contributed by atoms with Gasteiger partial charge in [-0.15, -0.1) is 12.4 Å². The van der Waals surface area contributed by atoms with Crippen molar-refractivity contribution in [1.29, 1.82) is 0 Å². The number of benzene rings is 1. The second-order valence-electron chi connectivity index (χ2n) is 5.98. The average Bonchev–Trinajstić information content (AvgIpc) is 3.15. The molecule has 0 radical (unpaired) electrons. The molecular weight excluding hydrogens is 342 g/mol. The number of aromatic nitrogens is 2. The number of nitrogens with two attached hydrogens (primary N) is 1. The van der Waals surface area contributed by atoms with E-state index in [0.717, 1.165) is 18.7 Å². The van der Waals surface area contributed by atoms with Crippen molar-refractivity contribution in [3.05, 3.63) is 53.9 Å². The topological polar surface area (TPSA) is 102 Å². The monoisotopic (exact) mass is 363 g/mol. The SMILES string of the molecule is Cl.NC(=O)c1ccc(CNC(=O)C2(n3cccn3)CCNCC2)cc1. The summed E-state index contributed by atoms with van der Waals surface area (Å²) in [7, 11) is 0. The van der Waals surface area contributed by atoms with Gasteiger partial charge in [0.25, 0.3) is 0 Å². The Kier molecular flexibility index (Phi) is 6.17. The van der Waals surface area contributed by atoms with Crippen LogP contribution in [0.15, 0.2) is 42.7 Å². The summed E-state index contributed by atoms with van der Waals surface area (Å²) in [6, 6.07) is 8.75. The molecule has 0 spiro atoms. The highest BCUT2D eigenvalue weighted by molar-refractivity contribution is 5.92. The van der Waals surface area contributed by atoms with Gasteiger partial charge in [0.15, 0.2) is 0 Å². The van der Waals surface area contributed by atoms with Crippen LogP contribution in [0.25, 0.3) is 0 Å². The standard InChI is InChI=1S/C17H21N5O2.ClH/c18-15(23)14-4-2-13(3-5-14)12-20-16(24)17(6-9-19-10-7-17)22-11-1-8-21-22;/h1-5,8,11,19H,6-7,9-10,12H2,(H2,18,23)(H,20,24);1H. The molecule has 1 aliphatic heterocycles. The number of piperidine rings is 1. The molecule has 0 saturated carbocycles. The quantitative estimate of drug-likeness (QED) is 0.731. The molecule has 1 aliphatic rings. The van der Waals surface area contributed by atoms with Crippen molar-refractivity contribution in [3.63, 3.8) is 0 Å². The van der Waals surface area contributed by atoms with Gasteiger partial charge in [0.1, 0.15) is 5.54 Å². The fourth-order valence-corrected chi connectivity index (χ4v) is 3.06. The van der Waals surface area contributed by atoms with Crippen LogP contribution in [0.4, 0.5) is 0 Å². The molecule has 25 heavy (non-hydrogen) atoms. The zero-order valence-electron chi connectivity index (χ0n) is 13.8. The Balaban J connectivity index is 0.00000225. The van der Waals surface area contributed by atoms with Gasteiger partial charge >= 0.3 is 0 Å². The third-order valence-corrected chi connectivity index (χ3v) is 4.49. The highest BCUT2D eigenvalue weighted by Crippen LogP contribution is 2.27. The predicted octanol–water partition coefficient (Wildman–Crippen LogP) is 0.799. The van der Waals surface area contributed by atoms with Crippen molar-refractivity contribution < 1.29 is 9.59 Å². The molecule has 0 atom stereocenters. The minimum absolute atomic E-state index is 0. The van der Waals surface area contributed by atoms with Crippen LogP contribution in [-0.4, -0.2) is 34.7 Å². The van der Waals surface area contributed by atoms with Crippen molar-refractivity contribution in [2.75, 3.05) is 13.1 Å². The van der Waals surface area contributed by atoms with Crippen LogP contribution >= 0.6 is 12.4 Å². The minimum Gasteiger partial charge on any atom is -0.366 e. The molecule has 1 saturated heterocycles. The molecule has 8 heteroatoms. The summed E-state index contributed by atoms with van der Waals surface area (Å²) in [6.45, 7) is 1.95. The molecule has 2 heterocycles. The van der Waals surface area contributed by atoms with Crippen LogP contribution in [0.1, 0.15) is 28.8 Å². The summed E-state index contributed by atoms with van der Waals surface area (Å²) in [5.41, 5.74) is 5.95. The number of rotatable bonds is 5. The molecule has 3 rings (SSSR count). The second kappa shape index (κ2) is 8.13. The van der Waals surface area contributed by atoms with E-state index in [9.17, 15) is 9.59 Å². The Morgan fingerprint density at radius 3 is 2.48 bits per heavy atom. The number of carbonyl (C=O) groups is 2. The van der Waals surface area contributed by atoms with E-state index in [2.05, 4.69) is 15.7 Å². The number of amides is 2. The summed E-state index contributed by atoms with van der Waals surface area (Å²) in [4.78, 5) is 24.0. The molecular formula is C17H22ClN5O2. The van der Waals surface area contributed by atoms with E-state index in [1.165, 1.54) is 0 Å². The molecule has 1 aromatic carbocycles. The van der Waals surface area contributed by atoms with Crippen molar-refractivity contribution >= 4 is 24.2 Å². The minimum atomic E-state index is -0.651. The first-order chi connectivity index (χ1) is 11.6. The summed E-state index contributed by atoms with van der Waals surface area (Å²) in [6.07, 6.45) is 4.93. The van der Waals surface area contributed by atoms with Crippen molar-refractivity contribution in [3.8, 4) is 0 Å². The van der Waals surface area contributed by atoms with Gasteiger partial charge in [-0.25, -0.2) is 0 Å². The fourth-order valence-electron chi connectivity index (χ4n) is 3.06. The maximum absolute atomic E-state index is 12.9. The predicted molar refractivity (Wildman–Crippen MR) is 96.4 cm³/mol. The molecule has 134 valence electrons. The van der Waals surface area contributed by atoms with Gasteiger partial charge in [-0.1, -0.05) is 12.1 Å². The lowest BCUT2D eigenvalue weighted by Gasteiger charge is -2.36. The van der Waals surface area contributed by atoms with E-state index < -0.39 is 11.4 Å². The van der Waals surface area contributed by atoms with E-state index in [1.54, 1.807) is 35.1 Å². The lowest BCUT2D eigenvalue weighted by Crippen LogP contribution is -2.54. The van der Waals surface area contributed by atoms with Gasteiger partial charge in [-0.2, -0.15) is 5.10 Å². The van der Waals surface area contributed by atoms with Crippen molar-refractivity contribution in [1.82, 2.24) is 20.4 Å². The molecule has 0 unspecified atom stereocenters. The van der Waals surface area contributed by atoms with Gasteiger partial charge in [0.05, 0.1) is 0 Å². The van der Waals surface area contributed by atoms with Crippen LogP contribution in [0.2, 0.25) is 0 Å². The van der Waals surface area contributed by atoms with E-state index in [1.807, 2.05) is 12.3 Å². The number of hydrogen-bond acceptors (Lipinski definition) is 4. The van der Waals surface area contributed by atoms with Gasteiger partial charge in [-0.05, 0) is 49.7 Å². The zero-order valence-corrected chi connectivity index (χ0v) is 14.6. The van der Waals surface area contributed by atoms with E-state index in [4.69, 9.17) is 5.73 Å². The Hall–Kier alpha value is -2.38. The molecule has 4 N–H and O–H groups in total. The molecule has 0 aliphatic carbocycles. The van der Waals surface area contributed by atoms with Gasteiger partial charge in [0, 0.05) is 24.5 Å². The maximum Gasteiger partial charge on any atom is 0.248 e. The Labute approximate surface area is 152 Å². The first-order valence-corrected chi connectivity index (χ1v) is 8.00. The number of halogens is 1. The highest BCUT2D eigenvalue weighted by Gasteiger charge is 2.41. The number of carbonyl (C=O) groups excluding carboxylic acids is 2. The van der Waals surface area contributed by atoms with Crippen LogP contribution in [0.3, 0.4) is 0 Å². The normalized spacial score (nSPS) is 15.8. The average molecular weight is 364 g/mol. The summed E-state index contributed by atoms with van der Waals surface area (Å²) >= 11 is 0. The summed E-state index contributed by atoms with van der Waals surface area (Å²) < 4.78 is 1.76. The van der Waals surface area contributed by atoms with Gasteiger partial charge < -0.3 is 16.4 Å². The summed E-state index contributed by atoms with van der Waals surface area (Å²) in [5.74, 6) is -0.496. The van der Waals surface area contributed by atoms with Crippen LogP contribution in [-0.2, 0) is 16.9 Å². The lowest BCUT2D eigenvalue weighted by molar-refractivity contribution is -0.132. The van der Waals surface area contributed by atoms with E-state index in [0.29, 0.717) is 24.9 Å². The maximum atomic E-state index is 12.9. The van der Waals surface area contributed by atoms with Crippen LogP contribution in [0, 0.1) is 0 Å². The molecule has 1 fully saturated rings. The smallest absolute Gasteiger partial charge is 0.248 e. The fraction of sp³-hybridized carbons (Fsp3) is 0.353. The highest BCUT2D eigenvalue weighted by atomic mass is 35.5. The zero-order chi connectivity index (χ0) is 17.0. The van der Waals surface area contributed by atoms with Gasteiger partial charge in [-0.3, -0.25) is 14.3 Å². The second-order valence-corrected chi connectivity index (χ2v) is 5.98. The van der Waals surface area contributed by atoms with Crippen molar-refractivity contribution in [2.45, 2.75) is 24.9 Å². The van der Waals surface area contributed by atoms with Crippen molar-refractivity contribution in [2.24, 2.45) is 5.73 Å². The first-order valence-electron chi connectivity index (χ1n) is 8.00. The number of nitrogens with one attached hydrogen (secondary N) is 2. The first kappa shape index (κ1) is 19.0. The Morgan fingerprint density at radius 1 is 1.24 bits per heavy atom. The molecule has 2 aromatic rings. The molecule has 2 amide bonds. The van der Waals surface area contributed by atoms with Crippen LogP contribution in [0.5, 0.6) is 0 Å². The Bertz CT molecular complexity index is 709. The van der Waals surface area contributed by atoms with Crippen LogP contribution < -0.4 is 16.4 Å². The largest absolute Gasteiger partial charge is 0.366 e. The third-order valence-electron chi connectivity index (χ3n) is 4.49. The third kappa shape index (κ3) is 4.00. The van der Waals surface area contributed by atoms with E-state index in [-0.39, 0.29) is 18.3 Å². The summed E-state index contributed by atoms with van der Waals surface area (Å²) in [5, 5.41) is 10.6. The number of primary amides is 1. The number of nitrogens with zero attached hydrogens (tertiary/aromatic N) is 2. The van der Waals surface area contributed by atoms with Gasteiger partial charge in [0.2, 0.25) is 11.8 Å². The van der Waals surface area contributed by atoms with E-state index >= 15 is 0 Å². The molecule has 0 bridgehead atoms. The molecule has 1 aromatic heterocycles. The lowest BCUT2D eigenvalue weighted by atomic mass is 9.87. The molecule has 7 nitrogen and oxygen atoms in total. The Morgan fingerprint density at radius 2 is 1.92 bits per heavy atom.